The van der Waals surface area contributed by atoms with Gasteiger partial charge in [-0.3, -0.25) is 0 Å². The van der Waals surface area contributed by atoms with Gasteiger partial charge in [-0.25, -0.2) is 9.97 Å². The highest BCUT2D eigenvalue weighted by molar-refractivity contribution is 6.33. The number of hydrogen-bond acceptors (Lipinski definition) is 4. The summed E-state index contributed by atoms with van der Waals surface area (Å²) in [5, 5.41) is 4.97. The molecule has 4 nitrogen and oxygen atoms in total. The molecule has 27 heavy (non-hydrogen) atoms. The fourth-order valence-electron chi connectivity index (χ4n) is 2.87. The summed E-state index contributed by atoms with van der Waals surface area (Å²) in [5.74, 6) is 2.17. The Morgan fingerprint density at radius 2 is 1.63 bits per heavy atom. The van der Waals surface area contributed by atoms with Crippen LogP contribution in [0.3, 0.4) is 0 Å². The third-order valence-electron chi connectivity index (χ3n) is 4.15. The molecule has 0 radical (unpaired) electrons. The lowest BCUT2D eigenvalue weighted by molar-refractivity contribution is 0.340. The summed E-state index contributed by atoms with van der Waals surface area (Å²) < 4.78 is 5.50. The lowest BCUT2D eigenvalue weighted by Gasteiger charge is -2.12. The van der Waals surface area contributed by atoms with Crippen LogP contribution in [0, 0.1) is 0 Å². The molecule has 0 aliphatic rings. The van der Waals surface area contributed by atoms with Crippen molar-refractivity contribution in [3.05, 3.63) is 77.8 Å². The molecule has 0 aliphatic heterocycles. The van der Waals surface area contributed by atoms with Gasteiger partial charge in [0.2, 0.25) is 0 Å². The molecule has 0 spiro atoms. The van der Waals surface area contributed by atoms with E-state index < -0.39 is 0 Å². The third kappa shape index (κ3) is 3.71. The summed E-state index contributed by atoms with van der Waals surface area (Å²) in [6, 6.07) is 23.3. The Morgan fingerprint density at radius 1 is 0.889 bits per heavy atom. The minimum atomic E-state index is 0.590. The number of para-hydroxylation sites is 1. The van der Waals surface area contributed by atoms with Crippen molar-refractivity contribution in [1.82, 2.24) is 9.97 Å². The van der Waals surface area contributed by atoms with Crippen LogP contribution in [-0.4, -0.2) is 16.6 Å². The molecular formula is C22H18ClN3O. The molecule has 0 unspecified atom stereocenters. The molecule has 0 aliphatic carbocycles. The largest absolute Gasteiger partial charge is 0.494 e. The highest BCUT2D eigenvalue weighted by Crippen LogP contribution is 2.30. The van der Waals surface area contributed by atoms with Gasteiger partial charge in [0.1, 0.15) is 11.6 Å². The molecule has 4 rings (SSSR count). The van der Waals surface area contributed by atoms with Crippen LogP contribution in [0.5, 0.6) is 5.75 Å². The lowest BCUT2D eigenvalue weighted by atomic mass is 10.1. The number of ether oxygens (including phenoxy) is 1. The summed E-state index contributed by atoms with van der Waals surface area (Å²) in [4.78, 5) is 9.44. The van der Waals surface area contributed by atoms with Crippen LogP contribution < -0.4 is 10.1 Å². The first-order valence-corrected chi connectivity index (χ1v) is 9.14. The van der Waals surface area contributed by atoms with Gasteiger partial charge in [-0.2, -0.15) is 0 Å². The number of nitrogens with one attached hydrogen (secondary N) is 1. The maximum Gasteiger partial charge on any atom is 0.163 e. The van der Waals surface area contributed by atoms with Gasteiger partial charge in [-0.1, -0.05) is 35.9 Å². The van der Waals surface area contributed by atoms with E-state index in [1.165, 1.54) is 0 Å². The van der Waals surface area contributed by atoms with Crippen LogP contribution in [0.1, 0.15) is 6.92 Å². The molecule has 0 fully saturated rings. The Morgan fingerprint density at radius 3 is 2.41 bits per heavy atom. The van der Waals surface area contributed by atoms with E-state index in [-0.39, 0.29) is 0 Å². The van der Waals surface area contributed by atoms with Crippen molar-refractivity contribution < 1.29 is 4.74 Å². The Labute approximate surface area is 162 Å². The number of halogens is 1. The zero-order valence-corrected chi connectivity index (χ0v) is 15.6. The SMILES string of the molecule is CCOc1ccc(Nc2nc(-c3ccccc3Cl)nc3ccccc23)cc1. The first kappa shape index (κ1) is 17.3. The molecule has 4 aromatic rings. The van der Waals surface area contributed by atoms with E-state index >= 15 is 0 Å². The Bertz CT molecular complexity index is 1080. The molecule has 1 aromatic heterocycles. The van der Waals surface area contributed by atoms with Crippen LogP contribution in [0.15, 0.2) is 72.8 Å². The first-order chi connectivity index (χ1) is 13.2. The van der Waals surface area contributed by atoms with Crippen molar-refractivity contribution in [1.29, 1.82) is 0 Å². The monoisotopic (exact) mass is 375 g/mol. The molecule has 0 amide bonds. The zero-order chi connectivity index (χ0) is 18.6. The lowest BCUT2D eigenvalue weighted by Crippen LogP contribution is -2.00. The van der Waals surface area contributed by atoms with Crippen molar-refractivity contribution in [2.24, 2.45) is 0 Å². The van der Waals surface area contributed by atoms with Gasteiger partial charge in [0.15, 0.2) is 5.82 Å². The molecule has 5 heteroatoms. The predicted molar refractivity (Wildman–Crippen MR) is 111 cm³/mol. The Balaban J connectivity index is 1.78. The van der Waals surface area contributed by atoms with Gasteiger partial charge >= 0.3 is 0 Å². The molecule has 0 bridgehead atoms. The second-order valence-corrected chi connectivity index (χ2v) is 6.38. The number of aromatic nitrogens is 2. The van der Waals surface area contributed by atoms with E-state index in [4.69, 9.17) is 26.3 Å². The van der Waals surface area contributed by atoms with E-state index in [1.54, 1.807) is 0 Å². The normalized spacial score (nSPS) is 10.7. The van der Waals surface area contributed by atoms with E-state index in [2.05, 4.69) is 5.32 Å². The quantitative estimate of drug-likeness (QED) is 0.458. The van der Waals surface area contributed by atoms with Gasteiger partial charge in [0.25, 0.3) is 0 Å². The van der Waals surface area contributed by atoms with Crippen molar-refractivity contribution >= 4 is 34.0 Å². The van der Waals surface area contributed by atoms with Crippen LogP contribution in [0.25, 0.3) is 22.3 Å². The number of anilines is 2. The Kier molecular flexibility index (Phi) is 4.90. The standard InChI is InChI=1S/C22H18ClN3O/c1-2-27-16-13-11-15(12-14-16)24-22-18-8-4-6-10-20(18)25-21(26-22)17-7-3-5-9-19(17)23/h3-14H,2H2,1H3,(H,24,25,26). The average Bonchev–Trinajstić information content (AvgIpc) is 2.70. The smallest absolute Gasteiger partial charge is 0.163 e. The van der Waals surface area contributed by atoms with Gasteiger partial charge in [-0.15, -0.1) is 0 Å². The van der Waals surface area contributed by atoms with Crippen molar-refractivity contribution in [2.75, 3.05) is 11.9 Å². The number of rotatable bonds is 5. The highest BCUT2D eigenvalue weighted by atomic mass is 35.5. The van der Waals surface area contributed by atoms with E-state index in [1.807, 2.05) is 79.7 Å². The van der Waals surface area contributed by atoms with E-state index in [9.17, 15) is 0 Å². The fourth-order valence-corrected chi connectivity index (χ4v) is 3.09. The zero-order valence-electron chi connectivity index (χ0n) is 14.8. The van der Waals surface area contributed by atoms with Crippen LogP contribution >= 0.6 is 11.6 Å². The third-order valence-corrected chi connectivity index (χ3v) is 4.48. The molecule has 0 saturated carbocycles. The maximum absolute atomic E-state index is 6.36. The summed E-state index contributed by atoms with van der Waals surface area (Å²) in [6.45, 7) is 2.61. The van der Waals surface area contributed by atoms with Crippen LogP contribution in [0.2, 0.25) is 5.02 Å². The molecule has 0 atom stereocenters. The van der Waals surface area contributed by atoms with Crippen molar-refractivity contribution in [3.63, 3.8) is 0 Å². The molecule has 1 N–H and O–H groups in total. The van der Waals surface area contributed by atoms with Crippen LogP contribution in [-0.2, 0) is 0 Å². The fraction of sp³-hybridized carbons (Fsp3) is 0.0909. The minimum Gasteiger partial charge on any atom is -0.494 e. The van der Waals surface area contributed by atoms with E-state index in [0.717, 1.165) is 33.7 Å². The predicted octanol–water partition coefficient (Wildman–Crippen LogP) is 6.09. The number of nitrogens with zero attached hydrogens (tertiary/aromatic N) is 2. The number of benzene rings is 3. The topological polar surface area (TPSA) is 47.0 Å². The summed E-state index contributed by atoms with van der Waals surface area (Å²) in [7, 11) is 0. The van der Waals surface area contributed by atoms with E-state index in [0.29, 0.717) is 17.5 Å². The minimum absolute atomic E-state index is 0.590. The molecular weight excluding hydrogens is 358 g/mol. The first-order valence-electron chi connectivity index (χ1n) is 8.76. The maximum atomic E-state index is 6.36. The van der Waals surface area contributed by atoms with Gasteiger partial charge in [0, 0.05) is 16.6 Å². The average molecular weight is 376 g/mol. The summed E-state index contributed by atoms with van der Waals surface area (Å²) in [5.41, 5.74) is 2.59. The molecule has 134 valence electrons. The second kappa shape index (κ2) is 7.64. The van der Waals surface area contributed by atoms with Crippen molar-refractivity contribution in [3.8, 4) is 17.1 Å². The number of hydrogen-bond donors (Lipinski definition) is 1. The van der Waals surface area contributed by atoms with Crippen molar-refractivity contribution in [2.45, 2.75) is 6.92 Å². The molecule has 3 aromatic carbocycles. The molecule has 0 saturated heterocycles. The van der Waals surface area contributed by atoms with Crippen LogP contribution in [0.4, 0.5) is 11.5 Å². The highest BCUT2D eigenvalue weighted by Gasteiger charge is 2.12. The second-order valence-electron chi connectivity index (χ2n) is 5.98. The summed E-state index contributed by atoms with van der Waals surface area (Å²) in [6.07, 6.45) is 0. The molecule has 1 heterocycles. The Hall–Kier alpha value is -3.11. The number of fused-ring (bicyclic) bond motifs is 1. The van der Waals surface area contributed by atoms with Gasteiger partial charge in [0.05, 0.1) is 17.1 Å². The van der Waals surface area contributed by atoms with Gasteiger partial charge in [-0.05, 0) is 55.5 Å². The summed E-state index contributed by atoms with van der Waals surface area (Å²) >= 11 is 6.36. The van der Waals surface area contributed by atoms with Gasteiger partial charge < -0.3 is 10.1 Å².